The Morgan fingerprint density at radius 2 is 2.10 bits per heavy atom. The van der Waals surface area contributed by atoms with Crippen molar-refractivity contribution < 1.29 is 18.3 Å². The van der Waals surface area contributed by atoms with Gasteiger partial charge in [0.15, 0.2) is 0 Å². The molecule has 0 bridgehead atoms. The molecule has 2 N–H and O–H groups in total. The summed E-state index contributed by atoms with van der Waals surface area (Å²) < 4.78 is 34.7. The van der Waals surface area contributed by atoms with Gasteiger partial charge in [-0.15, -0.1) is 0 Å². The molecule has 0 spiro atoms. The molecule has 0 aliphatic heterocycles. The maximum Gasteiger partial charge on any atom is 0.263 e. The number of sulfonamides is 1. The first-order valence-corrected chi connectivity index (χ1v) is 8.27. The summed E-state index contributed by atoms with van der Waals surface area (Å²) in [5.41, 5.74) is 0.845. The molecular weight excluding hydrogens is 360 g/mol. The van der Waals surface area contributed by atoms with Crippen LogP contribution in [0.5, 0.6) is 5.75 Å². The van der Waals surface area contributed by atoms with E-state index in [4.69, 9.17) is 9.84 Å². The van der Waals surface area contributed by atoms with Crippen molar-refractivity contribution in [2.24, 2.45) is 7.05 Å². The minimum atomic E-state index is -3.76. The van der Waals surface area contributed by atoms with E-state index >= 15 is 0 Å². The normalized spacial score (nSPS) is 11.4. The van der Waals surface area contributed by atoms with Gasteiger partial charge in [-0.25, -0.2) is 8.42 Å². The van der Waals surface area contributed by atoms with E-state index in [1.165, 1.54) is 19.4 Å². The van der Waals surface area contributed by atoms with E-state index in [1.807, 2.05) is 0 Å². The number of aliphatic hydroxyl groups excluding tert-OH is 1. The molecule has 0 unspecified atom stereocenters. The van der Waals surface area contributed by atoms with Crippen LogP contribution in [0.2, 0.25) is 0 Å². The summed E-state index contributed by atoms with van der Waals surface area (Å²) in [6.07, 6.45) is 1.44. The number of nitrogens with one attached hydrogen (secondary N) is 1. The van der Waals surface area contributed by atoms with Crippen molar-refractivity contribution in [3.05, 3.63) is 40.6 Å². The molecule has 0 saturated heterocycles. The molecule has 21 heavy (non-hydrogen) atoms. The summed E-state index contributed by atoms with van der Waals surface area (Å²) >= 11 is 3.29. The molecule has 6 nitrogen and oxygen atoms in total. The van der Waals surface area contributed by atoms with Crippen molar-refractivity contribution in [2.45, 2.75) is 11.5 Å². The largest absolute Gasteiger partial charge is 0.495 e. The highest BCUT2D eigenvalue weighted by Gasteiger charge is 2.19. The molecule has 1 aromatic carbocycles. The highest BCUT2D eigenvalue weighted by Crippen LogP contribution is 2.30. The van der Waals surface area contributed by atoms with Crippen LogP contribution < -0.4 is 9.46 Å². The van der Waals surface area contributed by atoms with Crippen molar-refractivity contribution in [2.75, 3.05) is 11.8 Å². The van der Waals surface area contributed by atoms with Crippen LogP contribution in [0.4, 0.5) is 5.69 Å². The highest BCUT2D eigenvalue weighted by atomic mass is 79.9. The van der Waals surface area contributed by atoms with Gasteiger partial charge in [-0.1, -0.05) is 15.9 Å². The zero-order chi connectivity index (χ0) is 15.6. The standard InChI is InChI=1S/C13H15BrN2O4S/c1-16-7-11(6-10(16)8-17)21(18,19)15-12-5-9(14)3-4-13(12)20-2/h3-7,15,17H,8H2,1-2H3. The third-order valence-corrected chi connectivity index (χ3v) is 4.79. The Bertz CT molecular complexity index is 756. The summed E-state index contributed by atoms with van der Waals surface area (Å²) in [4.78, 5) is 0.0797. The maximum absolute atomic E-state index is 12.4. The number of aliphatic hydroxyl groups is 1. The number of ether oxygens (including phenoxy) is 1. The Hall–Kier alpha value is -1.51. The Kier molecular flexibility index (Phi) is 4.60. The number of aryl methyl sites for hydroxylation is 1. The van der Waals surface area contributed by atoms with Crippen LogP contribution in [0, 0.1) is 0 Å². The Morgan fingerprint density at radius 1 is 1.38 bits per heavy atom. The second kappa shape index (κ2) is 6.08. The summed E-state index contributed by atoms with van der Waals surface area (Å²) in [5.74, 6) is 0.417. The molecule has 1 heterocycles. The number of aromatic nitrogens is 1. The molecule has 0 amide bonds. The molecule has 0 radical (unpaired) electrons. The van der Waals surface area contributed by atoms with Crippen molar-refractivity contribution in [3.8, 4) is 5.75 Å². The van der Waals surface area contributed by atoms with Crippen LogP contribution in [0.25, 0.3) is 0 Å². The molecule has 2 aromatic rings. The fourth-order valence-corrected chi connectivity index (χ4v) is 3.36. The molecule has 1 aromatic heterocycles. The van der Waals surface area contributed by atoms with E-state index in [0.29, 0.717) is 17.1 Å². The lowest BCUT2D eigenvalue weighted by molar-refractivity contribution is 0.272. The van der Waals surface area contributed by atoms with Gasteiger partial charge in [0.1, 0.15) is 10.6 Å². The molecule has 0 saturated carbocycles. The second-order valence-electron chi connectivity index (χ2n) is 4.39. The molecule has 0 atom stereocenters. The van der Waals surface area contributed by atoms with E-state index in [2.05, 4.69) is 20.7 Å². The van der Waals surface area contributed by atoms with E-state index in [-0.39, 0.29) is 11.5 Å². The summed E-state index contributed by atoms with van der Waals surface area (Å²) in [5, 5.41) is 9.14. The van der Waals surface area contributed by atoms with E-state index in [9.17, 15) is 8.42 Å². The van der Waals surface area contributed by atoms with Gasteiger partial charge in [0.2, 0.25) is 0 Å². The topological polar surface area (TPSA) is 80.6 Å². The number of rotatable bonds is 5. The monoisotopic (exact) mass is 374 g/mol. The Labute approximate surface area is 131 Å². The van der Waals surface area contributed by atoms with Crippen LogP contribution in [-0.4, -0.2) is 25.2 Å². The SMILES string of the molecule is COc1ccc(Br)cc1NS(=O)(=O)c1cc(CO)n(C)c1. The number of methoxy groups -OCH3 is 1. The summed E-state index contributed by atoms with van der Waals surface area (Å²) in [6, 6.07) is 6.45. The zero-order valence-corrected chi connectivity index (χ0v) is 13.9. The number of hydrogen-bond acceptors (Lipinski definition) is 4. The van der Waals surface area contributed by atoms with Crippen LogP contribution in [0.15, 0.2) is 39.8 Å². The minimum Gasteiger partial charge on any atom is -0.495 e. The van der Waals surface area contributed by atoms with Crippen LogP contribution in [0.3, 0.4) is 0 Å². The van der Waals surface area contributed by atoms with Gasteiger partial charge in [-0.2, -0.15) is 0 Å². The van der Waals surface area contributed by atoms with Gasteiger partial charge in [0.25, 0.3) is 10.0 Å². The lowest BCUT2D eigenvalue weighted by atomic mass is 10.3. The smallest absolute Gasteiger partial charge is 0.263 e. The van der Waals surface area contributed by atoms with Crippen molar-refractivity contribution in [1.82, 2.24) is 4.57 Å². The predicted molar refractivity (Wildman–Crippen MR) is 82.8 cm³/mol. The number of nitrogens with zero attached hydrogens (tertiary/aromatic N) is 1. The fraction of sp³-hybridized carbons (Fsp3) is 0.231. The Balaban J connectivity index is 2.39. The van der Waals surface area contributed by atoms with Crippen molar-refractivity contribution >= 4 is 31.6 Å². The number of halogens is 1. The quantitative estimate of drug-likeness (QED) is 0.839. The average Bonchev–Trinajstić information content (AvgIpc) is 2.81. The van der Waals surface area contributed by atoms with E-state index < -0.39 is 10.0 Å². The zero-order valence-electron chi connectivity index (χ0n) is 11.5. The highest BCUT2D eigenvalue weighted by molar-refractivity contribution is 9.10. The minimum absolute atomic E-state index is 0.0797. The van der Waals surface area contributed by atoms with Gasteiger partial charge in [-0.05, 0) is 24.3 Å². The van der Waals surface area contributed by atoms with Gasteiger partial charge in [0.05, 0.1) is 19.4 Å². The molecule has 0 aliphatic carbocycles. The predicted octanol–water partition coefficient (Wildman–Crippen LogP) is 2.09. The van der Waals surface area contributed by atoms with Crippen LogP contribution >= 0.6 is 15.9 Å². The third kappa shape index (κ3) is 3.39. The summed E-state index contributed by atoms with van der Waals surface area (Å²) in [6.45, 7) is -0.230. The van der Waals surface area contributed by atoms with E-state index in [0.717, 1.165) is 4.47 Å². The van der Waals surface area contributed by atoms with Crippen molar-refractivity contribution in [3.63, 3.8) is 0 Å². The molecular formula is C13H15BrN2O4S. The van der Waals surface area contributed by atoms with Crippen LogP contribution in [-0.2, 0) is 23.7 Å². The molecule has 114 valence electrons. The first-order valence-electron chi connectivity index (χ1n) is 6.00. The van der Waals surface area contributed by atoms with Gasteiger partial charge < -0.3 is 14.4 Å². The fourth-order valence-electron chi connectivity index (χ4n) is 1.84. The van der Waals surface area contributed by atoms with Gasteiger partial charge >= 0.3 is 0 Å². The van der Waals surface area contributed by atoms with Crippen LogP contribution in [0.1, 0.15) is 5.69 Å². The molecule has 8 heteroatoms. The molecule has 2 rings (SSSR count). The molecule has 0 fully saturated rings. The van der Waals surface area contributed by atoms with Gasteiger partial charge in [-0.3, -0.25) is 4.72 Å². The average molecular weight is 375 g/mol. The lowest BCUT2D eigenvalue weighted by Gasteiger charge is -2.11. The first kappa shape index (κ1) is 15.9. The number of hydrogen-bond donors (Lipinski definition) is 2. The molecule has 0 aliphatic rings. The van der Waals surface area contributed by atoms with E-state index in [1.54, 1.807) is 29.8 Å². The second-order valence-corrected chi connectivity index (χ2v) is 6.98. The summed E-state index contributed by atoms with van der Waals surface area (Å²) in [7, 11) is -0.621. The van der Waals surface area contributed by atoms with Gasteiger partial charge in [0, 0.05) is 23.4 Å². The number of benzene rings is 1. The maximum atomic E-state index is 12.4. The third-order valence-electron chi connectivity index (χ3n) is 2.96. The first-order chi connectivity index (χ1) is 9.87. The van der Waals surface area contributed by atoms with Crippen molar-refractivity contribution in [1.29, 1.82) is 0 Å². The lowest BCUT2D eigenvalue weighted by Crippen LogP contribution is -2.13. The number of anilines is 1. The Morgan fingerprint density at radius 3 is 2.67 bits per heavy atom.